The number of H-pyrrole nitrogens is 1. The van der Waals surface area contributed by atoms with Gasteiger partial charge in [-0.1, -0.05) is 6.07 Å². The number of fused-ring (bicyclic) bond motifs is 1. The average molecular weight is 341 g/mol. The standard InChI is InChI=1S/C17H19N5OS/c1-11-18-15(8-17(23)19-11)13-3-2-6-22(10-13)9-12-4-5-14-16(7-12)21-24-20-14/h4-5,7-8,13H,2-3,6,9-10H2,1H3,(H,18,19,23)/t13-/m1/s1. The van der Waals surface area contributed by atoms with E-state index in [4.69, 9.17) is 0 Å². The number of nitrogens with one attached hydrogen (secondary N) is 1. The Kier molecular flexibility index (Phi) is 4.12. The molecule has 7 heteroatoms. The molecule has 0 amide bonds. The number of piperidine rings is 1. The van der Waals surface area contributed by atoms with E-state index in [-0.39, 0.29) is 5.56 Å². The summed E-state index contributed by atoms with van der Waals surface area (Å²) in [5.74, 6) is 1.01. The van der Waals surface area contributed by atoms with E-state index in [1.165, 1.54) is 17.3 Å². The molecule has 1 fully saturated rings. The Morgan fingerprint density at radius 1 is 1.29 bits per heavy atom. The summed E-state index contributed by atoms with van der Waals surface area (Å²) in [6, 6.07) is 7.94. The summed E-state index contributed by atoms with van der Waals surface area (Å²) in [7, 11) is 0. The zero-order valence-electron chi connectivity index (χ0n) is 13.5. The average Bonchev–Trinajstić information content (AvgIpc) is 3.02. The molecule has 2 aromatic heterocycles. The number of likely N-dealkylation sites (tertiary alicyclic amines) is 1. The quantitative estimate of drug-likeness (QED) is 0.792. The number of hydrogen-bond acceptors (Lipinski definition) is 6. The molecule has 0 bridgehead atoms. The summed E-state index contributed by atoms with van der Waals surface area (Å²) >= 11 is 1.25. The molecule has 3 aromatic rings. The van der Waals surface area contributed by atoms with Gasteiger partial charge in [0.1, 0.15) is 16.9 Å². The highest BCUT2D eigenvalue weighted by Crippen LogP contribution is 2.26. The van der Waals surface area contributed by atoms with Crippen LogP contribution in [0.4, 0.5) is 0 Å². The van der Waals surface area contributed by atoms with Crippen molar-refractivity contribution in [2.24, 2.45) is 0 Å². The number of benzene rings is 1. The Labute approximate surface area is 143 Å². The van der Waals surface area contributed by atoms with Gasteiger partial charge < -0.3 is 4.98 Å². The van der Waals surface area contributed by atoms with Crippen molar-refractivity contribution in [2.75, 3.05) is 13.1 Å². The topological polar surface area (TPSA) is 74.8 Å². The van der Waals surface area contributed by atoms with Crippen LogP contribution in [0.5, 0.6) is 0 Å². The normalized spacial score (nSPS) is 19.0. The van der Waals surface area contributed by atoms with Crippen LogP contribution >= 0.6 is 11.7 Å². The van der Waals surface area contributed by atoms with Gasteiger partial charge in [0.2, 0.25) is 0 Å². The van der Waals surface area contributed by atoms with Crippen molar-refractivity contribution in [1.29, 1.82) is 0 Å². The summed E-state index contributed by atoms with van der Waals surface area (Å²) in [5, 5.41) is 0. The molecule has 0 unspecified atom stereocenters. The minimum absolute atomic E-state index is 0.0592. The van der Waals surface area contributed by atoms with Gasteiger partial charge in [0, 0.05) is 25.1 Å². The van der Waals surface area contributed by atoms with E-state index in [1.807, 2.05) is 13.0 Å². The lowest BCUT2D eigenvalue weighted by atomic mass is 9.94. The highest BCUT2D eigenvalue weighted by Gasteiger charge is 2.23. The number of rotatable bonds is 3. The van der Waals surface area contributed by atoms with Crippen LogP contribution in [0.25, 0.3) is 11.0 Å². The maximum absolute atomic E-state index is 11.7. The molecule has 124 valence electrons. The van der Waals surface area contributed by atoms with Crippen LogP contribution in [-0.4, -0.2) is 36.7 Å². The summed E-state index contributed by atoms with van der Waals surface area (Å²) in [5.41, 5.74) is 4.04. The van der Waals surface area contributed by atoms with Gasteiger partial charge in [-0.2, -0.15) is 8.75 Å². The summed E-state index contributed by atoms with van der Waals surface area (Å²) in [6.45, 7) is 4.74. The molecule has 0 saturated carbocycles. The molecule has 1 aliphatic heterocycles. The van der Waals surface area contributed by atoms with Crippen LogP contribution in [-0.2, 0) is 6.54 Å². The molecular weight excluding hydrogens is 322 g/mol. The number of aromatic nitrogens is 4. The van der Waals surface area contributed by atoms with E-state index in [9.17, 15) is 4.79 Å². The molecule has 1 aromatic carbocycles. The lowest BCUT2D eigenvalue weighted by Gasteiger charge is -2.32. The second-order valence-electron chi connectivity index (χ2n) is 6.42. The van der Waals surface area contributed by atoms with E-state index >= 15 is 0 Å². The van der Waals surface area contributed by atoms with Gasteiger partial charge in [-0.3, -0.25) is 9.69 Å². The fraction of sp³-hybridized carbons (Fsp3) is 0.412. The Bertz CT molecular complexity index is 918. The molecule has 0 radical (unpaired) electrons. The summed E-state index contributed by atoms with van der Waals surface area (Å²) in [4.78, 5) is 21.4. The zero-order valence-corrected chi connectivity index (χ0v) is 14.3. The number of aromatic amines is 1. The summed E-state index contributed by atoms with van der Waals surface area (Å²) in [6.07, 6.45) is 2.21. The minimum atomic E-state index is -0.0592. The van der Waals surface area contributed by atoms with Gasteiger partial charge in [0.25, 0.3) is 5.56 Å². The van der Waals surface area contributed by atoms with Crippen molar-refractivity contribution in [3.05, 3.63) is 51.7 Å². The van der Waals surface area contributed by atoms with Gasteiger partial charge in [0.15, 0.2) is 0 Å². The van der Waals surface area contributed by atoms with Crippen molar-refractivity contribution in [3.63, 3.8) is 0 Å². The fourth-order valence-corrected chi connectivity index (χ4v) is 3.95. The van der Waals surface area contributed by atoms with Crippen LogP contribution in [0.1, 0.15) is 35.8 Å². The molecule has 1 saturated heterocycles. The van der Waals surface area contributed by atoms with Crippen molar-refractivity contribution in [2.45, 2.75) is 32.2 Å². The molecular formula is C17H19N5OS. The van der Waals surface area contributed by atoms with Crippen LogP contribution in [0.3, 0.4) is 0 Å². The highest BCUT2D eigenvalue weighted by atomic mass is 32.1. The first-order valence-electron chi connectivity index (χ1n) is 8.19. The van der Waals surface area contributed by atoms with Gasteiger partial charge >= 0.3 is 0 Å². The molecule has 0 aliphatic carbocycles. The number of nitrogens with zero attached hydrogens (tertiary/aromatic N) is 4. The van der Waals surface area contributed by atoms with E-state index in [0.29, 0.717) is 11.7 Å². The molecule has 0 spiro atoms. The largest absolute Gasteiger partial charge is 0.311 e. The van der Waals surface area contributed by atoms with E-state index in [0.717, 1.165) is 49.2 Å². The maximum Gasteiger partial charge on any atom is 0.251 e. The molecule has 4 rings (SSSR count). The van der Waals surface area contributed by atoms with Crippen molar-refractivity contribution >= 4 is 22.8 Å². The third-order valence-corrected chi connectivity index (χ3v) is 5.08. The van der Waals surface area contributed by atoms with Gasteiger partial charge in [-0.15, -0.1) is 0 Å². The summed E-state index contributed by atoms with van der Waals surface area (Å²) < 4.78 is 8.57. The van der Waals surface area contributed by atoms with Crippen molar-refractivity contribution in [3.8, 4) is 0 Å². The lowest BCUT2D eigenvalue weighted by Crippen LogP contribution is -2.34. The first kappa shape index (κ1) is 15.4. The maximum atomic E-state index is 11.7. The Hall–Kier alpha value is -2.12. The number of hydrogen-bond donors (Lipinski definition) is 1. The Morgan fingerprint density at radius 3 is 3.04 bits per heavy atom. The third-order valence-electron chi connectivity index (χ3n) is 4.53. The Morgan fingerprint density at radius 2 is 2.17 bits per heavy atom. The van der Waals surface area contributed by atoms with E-state index in [2.05, 4.69) is 35.7 Å². The Balaban J connectivity index is 1.50. The predicted octanol–water partition coefficient (Wildman–Crippen LogP) is 2.46. The molecule has 1 aliphatic rings. The molecule has 1 atom stereocenters. The predicted molar refractivity (Wildman–Crippen MR) is 94.3 cm³/mol. The second kappa shape index (κ2) is 6.41. The first-order chi connectivity index (χ1) is 11.7. The third kappa shape index (κ3) is 3.22. The number of aryl methyl sites for hydroxylation is 1. The minimum Gasteiger partial charge on any atom is -0.311 e. The first-order valence-corrected chi connectivity index (χ1v) is 8.92. The SMILES string of the molecule is Cc1nc([C@@H]2CCCN(Cc3ccc4nsnc4c3)C2)cc(=O)[nH]1. The molecule has 1 N–H and O–H groups in total. The van der Waals surface area contributed by atoms with E-state index in [1.54, 1.807) is 6.07 Å². The van der Waals surface area contributed by atoms with Gasteiger partial charge in [0.05, 0.1) is 17.4 Å². The highest BCUT2D eigenvalue weighted by molar-refractivity contribution is 7.00. The molecule has 3 heterocycles. The van der Waals surface area contributed by atoms with Crippen molar-refractivity contribution in [1.82, 2.24) is 23.6 Å². The molecule has 6 nitrogen and oxygen atoms in total. The monoisotopic (exact) mass is 341 g/mol. The van der Waals surface area contributed by atoms with Crippen LogP contribution < -0.4 is 5.56 Å². The van der Waals surface area contributed by atoms with Gasteiger partial charge in [-0.05, 0) is 44.0 Å². The van der Waals surface area contributed by atoms with E-state index < -0.39 is 0 Å². The van der Waals surface area contributed by atoms with Crippen molar-refractivity contribution < 1.29 is 0 Å². The smallest absolute Gasteiger partial charge is 0.251 e. The fourth-order valence-electron chi connectivity index (χ4n) is 3.44. The lowest BCUT2D eigenvalue weighted by molar-refractivity contribution is 0.198. The van der Waals surface area contributed by atoms with Gasteiger partial charge in [-0.25, -0.2) is 4.98 Å². The zero-order chi connectivity index (χ0) is 16.5. The molecule has 24 heavy (non-hydrogen) atoms. The van der Waals surface area contributed by atoms with Crippen LogP contribution in [0.2, 0.25) is 0 Å². The van der Waals surface area contributed by atoms with Crippen LogP contribution in [0.15, 0.2) is 29.1 Å². The van der Waals surface area contributed by atoms with Crippen LogP contribution in [0, 0.1) is 6.92 Å². The second-order valence-corrected chi connectivity index (χ2v) is 6.95.